The van der Waals surface area contributed by atoms with Gasteiger partial charge in [-0.1, -0.05) is 13.2 Å². The van der Waals surface area contributed by atoms with E-state index in [-0.39, 0.29) is 0 Å². The minimum absolute atomic E-state index is 0.443. The van der Waals surface area contributed by atoms with Crippen LogP contribution >= 0.6 is 0 Å². The van der Waals surface area contributed by atoms with Gasteiger partial charge in [0, 0.05) is 18.9 Å². The van der Waals surface area contributed by atoms with Crippen LogP contribution in [0.4, 0.5) is 0 Å². The Morgan fingerprint density at radius 3 is 2.73 bits per heavy atom. The maximum Gasteiger partial charge on any atom is 0.109 e. The molecule has 1 aliphatic heterocycles. The van der Waals surface area contributed by atoms with E-state index in [1.807, 2.05) is 0 Å². The van der Waals surface area contributed by atoms with Crippen LogP contribution in [0.2, 0.25) is 0 Å². The van der Waals surface area contributed by atoms with E-state index in [1.54, 1.807) is 0 Å². The van der Waals surface area contributed by atoms with Crippen molar-refractivity contribution in [3.8, 4) is 0 Å². The van der Waals surface area contributed by atoms with Gasteiger partial charge >= 0.3 is 0 Å². The number of likely N-dealkylation sites (tertiary alicyclic amines) is 1. The van der Waals surface area contributed by atoms with Crippen molar-refractivity contribution < 1.29 is 32.8 Å². The molecule has 0 aromatic rings. The zero-order chi connectivity index (χ0) is 19.3. The van der Waals surface area contributed by atoms with E-state index < -0.39 is 63.6 Å². The Kier molecular flexibility index (Phi) is 1.91. The van der Waals surface area contributed by atoms with Gasteiger partial charge in [-0.25, -0.2) is 0 Å². The maximum absolute atomic E-state index is 9.86. The summed E-state index contributed by atoms with van der Waals surface area (Å²) in [6, 6.07) is -1.57. The van der Waals surface area contributed by atoms with Crippen LogP contribution in [0.1, 0.15) is 31.9 Å². The largest absolute Gasteiger partial charge is 0.395 e. The van der Waals surface area contributed by atoms with E-state index >= 15 is 0 Å². The number of hydrogen-bond acceptors (Lipinski definition) is 5. The lowest BCUT2D eigenvalue weighted by Crippen LogP contribution is -2.62. The summed E-state index contributed by atoms with van der Waals surface area (Å²) in [5, 5.41) is 38.5. The first kappa shape index (κ1) is 4.98. The summed E-state index contributed by atoms with van der Waals surface area (Å²) in [4.78, 5) is 0.443. The molecule has 0 unspecified atom stereocenters. The van der Waals surface area contributed by atoms with E-state index in [1.165, 1.54) is 0 Å². The molecule has 15 heavy (non-hydrogen) atoms. The second kappa shape index (κ2) is 5.77. The Labute approximate surface area is 103 Å². The molecule has 0 amide bonds. The zero-order valence-electron chi connectivity index (χ0n) is 17.0. The van der Waals surface area contributed by atoms with Gasteiger partial charge in [-0.2, -0.15) is 0 Å². The molecular weight excluding hydrogens is 198 g/mol. The highest BCUT2D eigenvalue weighted by Crippen LogP contribution is 2.19. The van der Waals surface area contributed by atoms with Gasteiger partial charge in [-0.3, -0.25) is 4.90 Å². The predicted octanol–water partition coefficient (Wildman–Crippen LogP) is -1.45. The lowest BCUT2D eigenvalue weighted by Gasteiger charge is -2.43. The normalized spacial score (nSPS) is 50.8. The summed E-state index contributed by atoms with van der Waals surface area (Å²) >= 11 is 0. The molecule has 0 spiro atoms. The van der Waals surface area contributed by atoms with Gasteiger partial charge in [-0.05, 0) is 12.9 Å². The van der Waals surface area contributed by atoms with Crippen LogP contribution < -0.4 is 0 Å². The number of β-amino-alcohol motifs (C(OH)–C–C–N with tert-alkyl or cyclic N) is 1. The lowest BCUT2D eigenvalue weighted by molar-refractivity contribution is -0.145. The standard InChI is InChI=1S/C10H21NO4/c1-2-3-4-11-5-8(13)10(15)9(14)7(11)6-12/h7-10,12-15H,2-6H2,1H3/t7-,8+,9-,10-/m1/s1/i1D3,2D2,3D2,4D2. The Hall–Kier alpha value is -0.200. The fraction of sp³-hybridized carbons (Fsp3) is 1.00. The van der Waals surface area contributed by atoms with Crippen molar-refractivity contribution in [1.29, 1.82) is 0 Å². The van der Waals surface area contributed by atoms with Crippen molar-refractivity contribution in [1.82, 2.24) is 4.90 Å². The average Bonchev–Trinajstić information content (AvgIpc) is 2.42. The van der Waals surface area contributed by atoms with Crippen molar-refractivity contribution in [3.05, 3.63) is 0 Å². The zero-order valence-corrected chi connectivity index (χ0v) is 7.96. The van der Waals surface area contributed by atoms with E-state index in [0.717, 1.165) is 0 Å². The Morgan fingerprint density at radius 2 is 2.13 bits per heavy atom. The third kappa shape index (κ3) is 2.89. The molecular formula is C10H21NO4. The molecule has 0 saturated carbocycles. The number of aliphatic hydroxyl groups excluding tert-OH is 4. The number of nitrogens with zero attached hydrogens (tertiary/aromatic N) is 1. The number of piperidine rings is 1. The Morgan fingerprint density at radius 1 is 1.40 bits per heavy atom. The van der Waals surface area contributed by atoms with Crippen LogP contribution in [0.15, 0.2) is 0 Å². The van der Waals surface area contributed by atoms with Crippen molar-refractivity contribution in [2.45, 2.75) is 44.0 Å². The molecule has 1 aliphatic rings. The van der Waals surface area contributed by atoms with E-state index in [2.05, 4.69) is 0 Å². The van der Waals surface area contributed by atoms with Crippen LogP contribution in [-0.4, -0.2) is 69.3 Å². The van der Waals surface area contributed by atoms with Crippen molar-refractivity contribution in [3.63, 3.8) is 0 Å². The van der Waals surface area contributed by atoms with Gasteiger partial charge < -0.3 is 20.4 Å². The SMILES string of the molecule is [2H]C([2H])([2H])C([2H])([2H])C([2H])([2H])C([2H])([2H])N1C[C@H](O)[C@@H](O)[C@H](O)[C@H]1CO. The lowest BCUT2D eigenvalue weighted by atomic mass is 9.94. The van der Waals surface area contributed by atoms with Crippen molar-refractivity contribution in [2.75, 3.05) is 19.6 Å². The Balaban J connectivity index is 3.35. The average molecular weight is 228 g/mol. The second-order valence-electron chi connectivity index (χ2n) is 3.31. The fourth-order valence-corrected chi connectivity index (χ4v) is 1.52. The fourth-order valence-electron chi connectivity index (χ4n) is 1.52. The molecule has 1 saturated heterocycles. The van der Waals surface area contributed by atoms with Crippen LogP contribution in [0.5, 0.6) is 0 Å². The van der Waals surface area contributed by atoms with Gasteiger partial charge in [0.15, 0.2) is 0 Å². The van der Waals surface area contributed by atoms with Crippen LogP contribution in [0.3, 0.4) is 0 Å². The molecule has 1 heterocycles. The summed E-state index contributed by atoms with van der Waals surface area (Å²) in [6.45, 7) is -8.50. The molecule has 0 bridgehead atoms. The molecule has 5 nitrogen and oxygen atoms in total. The summed E-state index contributed by atoms with van der Waals surface area (Å²) in [5.41, 5.74) is 0. The highest BCUT2D eigenvalue weighted by Gasteiger charge is 2.40. The number of aliphatic hydroxyl groups is 4. The summed E-state index contributed by atoms with van der Waals surface area (Å²) in [6.07, 6.45) is -12.5. The maximum atomic E-state index is 9.86. The first-order valence-electron chi connectivity index (χ1n) is 8.96. The highest BCUT2D eigenvalue weighted by atomic mass is 16.4. The smallest absolute Gasteiger partial charge is 0.109 e. The van der Waals surface area contributed by atoms with Crippen molar-refractivity contribution in [2.24, 2.45) is 0 Å². The topological polar surface area (TPSA) is 84.2 Å². The van der Waals surface area contributed by atoms with Crippen LogP contribution in [-0.2, 0) is 0 Å². The predicted molar refractivity (Wildman–Crippen MR) is 55.4 cm³/mol. The van der Waals surface area contributed by atoms with E-state index in [9.17, 15) is 20.4 Å². The van der Waals surface area contributed by atoms with Gasteiger partial charge in [0.1, 0.15) is 12.2 Å². The number of hydrogen-bond donors (Lipinski definition) is 4. The summed E-state index contributed by atoms with van der Waals surface area (Å²) < 4.78 is 68.0. The molecule has 0 radical (unpaired) electrons. The molecule has 0 aliphatic carbocycles. The van der Waals surface area contributed by atoms with Gasteiger partial charge in [0.25, 0.3) is 0 Å². The van der Waals surface area contributed by atoms with Crippen LogP contribution in [0, 0.1) is 0 Å². The summed E-state index contributed by atoms with van der Waals surface area (Å²) in [7, 11) is 0. The monoisotopic (exact) mass is 228 g/mol. The van der Waals surface area contributed by atoms with E-state index in [4.69, 9.17) is 12.3 Å². The molecule has 90 valence electrons. The third-order valence-corrected chi connectivity index (χ3v) is 2.37. The third-order valence-electron chi connectivity index (χ3n) is 2.37. The first-order chi connectivity index (χ1) is 10.5. The Bertz CT molecular complexity index is 458. The van der Waals surface area contributed by atoms with Crippen molar-refractivity contribution >= 4 is 0 Å². The highest BCUT2D eigenvalue weighted by molar-refractivity contribution is 4.93. The number of rotatable bonds is 4. The van der Waals surface area contributed by atoms with Gasteiger partial charge in [0.05, 0.1) is 18.8 Å². The van der Waals surface area contributed by atoms with Gasteiger partial charge in [-0.15, -0.1) is 0 Å². The molecule has 5 heteroatoms. The van der Waals surface area contributed by atoms with Gasteiger partial charge in [0.2, 0.25) is 0 Å². The minimum Gasteiger partial charge on any atom is -0.395 e. The molecule has 1 rings (SSSR count). The molecule has 1 fully saturated rings. The molecule has 4 atom stereocenters. The second-order valence-corrected chi connectivity index (χ2v) is 3.31. The van der Waals surface area contributed by atoms with Crippen LogP contribution in [0.25, 0.3) is 0 Å². The van der Waals surface area contributed by atoms with E-state index in [0.29, 0.717) is 4.90 Å². The quantitative estimate of drug-likeness (QED) is 0.473. The molecule has 0 aromatic heterocycles. The molecule has 4 N–H and O–H groups in total. The summed E-state index contributed by atoms with van der Waals surface area (Å²) in [5.74, 6) is 0. The first-order valence-corrected chi connectivity index (χ1v) is 4.46. The molecule has 0 aromatic carbocycles. The minimum atomic E-state index is -3.62.